The van der Waals surface area contributed by atoms with Gasteiger partial charge in [0.2, 0.25) is 0 Å². The lowest BCUT2D eigenvalue weighted by atomic mass is 10.1. The van der Waals surface area contributed by atoms with Crippen molar-refractivity contribution < 1.29 is 13.2 Å². The fraction of sp³-hybridized carbons (Fsp3) is 0.217. The Bertz CT molecular complexity index is 1150. The van der Waals surface area contributed by atoms with Crippen molar-refractivity contribution in [1.82, 2.24) is 4.90 Å². The molecule has 0 fully saturated rings. The van der Waals surface area contributed by atoms with Crippen LogP contribution in [0.3, 0.4) is 0 Å². The van der Waals surface area contributed by atoms with Crippen LogP contribution in [0.5, 0.6) is 5.75 Å². The monoisotopic (exact) mass is 468 g/mol. The fourth-order valence-corrected chi connectivity index (χ4v) is 4.74. The van der Waals surface area contributed by atoms with Crippen molar-refractivity contribution in [2.24, 2.45) is 4.52 Å². The average Bonchev–Trinajstić information content (AvgIpc) is 2.80. The predicted molar refractivity (Wildman–Crippen MR) is 127 cm³/mol. The first-order chi connectivity index (χ1) is 15.5. The lowest BCUT2D eigenvalue weighted by Crippen LogP contribution is -2.25. The number of azide groups is 1. The van der Waals surface area contributed by atoms with Crippen molar-refractivity contribution in [1.29, 1.82) is 0 Å². The molecule has 0 saturated heterocycles. The van der Waals surface area contributed by atoms with E-state index in [-0.39, 0.29) is 4.90 Å². The van der Waals surface area contributed by atoms with Crippen molar-refractivity contribution in [3.8, 4) is 5.75 Å². The second-order valence-corrected chi connectivity index (χ2v) is 9.76. The summed E-state index contributed by atoms with van der Waals surface area (Å²) in [6.07, 6.45) is 0. The molecule has 0 saturated carbocycles. The number of thioether (sulfide) groups is 1. The van der Waals surface area contributed by atoms with E-state index in [2.05, 4.69) is 26.5 Å². The first-order valence-electron chi connectivity index (χ1n) is 9.93. The number of hydrogen-bond acceptors (Lipinski definition) is 5. The Morgan fingerprint density at radius 2 is 1.53 bits per heavy atom. The number of methoxy groups -OCH3 is 1. The second-order valence-electron chi connectivity index (χ2n) is 7.01. The van der Waals surface area contributed by atoms with Crippen molar-refractivity contribution in [2.45, 2.75) is 22.9 Å². The standard InChI is InChI=1S/C23H24N4O3S2/c1-30-21-11-7-19(8-12-21)17-27(15-16-31-22-5-3-2-4-6-22)18-20-9-13-23(14-10-20)32(28,29)26-25-24/h2-14H,15-18H2,1H3. The van der Waals surface area contributed by atoms with Crippen LogP contribution < -0.4 is 4.74 Å². The fourth-order valence-electron chi connectivity index (χ4n) is 3.13. The summed E-state index contributed by atoms with van der Waals surface area (Å²) >= 11 is 1.80. The summed E-state index contributed by atoms with van der Waals surface area (Å²) in [7, 11) is -2.33. The molecule has 3 aromatic carbocycles. The van der Waals surface area contributed by atoms with Crippen LogP contribution in [0.2, 0.25) is 0 Å². The third kappa shape index (κ3) is 7.03. The molecule has 0 spiro atoms. The molecule has 0 aliphatic rings. The van der Waals surface area contributed by atoms with Crippen molar-refractivity contribution in [3.05, 3.63) is 100 Å². The molecule has 0 radical (unpaired) electrons. The van der Waals surface area contributed by atoms with Gasteiger partial charge in [-0.1, -0.05) is 42.5 Å². The van der Waals surface area contributed by atoms with Crippen molar-refractivity contribution in [2.75, 3.05) is 19.4 Å². The summed E-state index contributed by atoms with van der Waals surface area (Å²) in [5.74, 6) is 1.74. The van der Waals surface area contributed by atoms with Crippen LogP contribution >= 0.6 is 11.8 Å². The maximum Gasteiger partial charge on any atom is 0.264 e. The highest BCUT2D eigenvalue weighted by Crippen LogP contribution is 2.20. The molecule has 3 rings (SSSR count). The van der Waals surface area contributed by atoms with Gasteiger partial charge >= 0.3 is 0 Å². The third-order valence-corrected chi connectivity index (χ3v) is 6.90. The van der Waals surface area contributed by atoms with E-state index in [0.717, 1.165) is 35.7 Å². The normalized spacial score (nSPS) is 11.2. The van der Waals surface area contributed by atoms with Gasteiger partial charge in [-0.15, -0.1) is 11.8 Å². The highest BCUT2D eigenvalue weighted by molar-refractivity contribution is 7.99. The Labute approximate surface area is 192 Å². The first-order valence-corrected chi connectivity index (χ1v) is 12.4. The molecule has 7 nitrogen and oxygen atoms in total. The molecule has 9 heteroatoms. The summed E-state index contributed by atoms with van der Waals surface area (Å²) < 4.78 is 31.9. The van der Waals surface area contributed by atoms with Gasteiger partial charge in [-0.3, -0.25) is 4.90 Å². The van der Waals surface area contributed by atoms with Gasteiger partial charge in [0.15, 0.2) is 0 Å². The number of ether oxygens (including phenoxy) is 1. The Kier molecular flexibility index (Phi) is 8.58. The second kappa shape index (κ2) is 11.6. The Hall–Kier alpha value is -2.97. The number of hydrogen-bond donors (Lipinski definition) is 0. The van der Waals surface area contributed by atoms with E-state index in [1.54, 1.807) is 31.0 Å². The van der Waals surface area contributed by atoms with Gasteiger partial charge in [0.1, 0.15) is 5.75 Å². The Balaban J connectivity index is 1.70. The maximum atomic E-state index is 11.9. The van der Waals surface area contributed by atoms with E-state index in [1.165, 1.54) is 17.0 Å². The summed E-state index contributed by atoms with van der Waals surface area (Å²) in [5.41, 5.74) is 10.6. The summed E-state index contributed by atoms with van der Waals surface area (Å²) in [6, 6.07) is 24.7. The highest BCUT2D eigenvalue weighted by atomic mass is 32.2. The van der Waals surface area contributed by atoms with Crippen LogP contribution in [0, 0.1) is 0 Å². The van der Waals surface area contributed by atoms with Crippen LogP contribution in [0.1, 0.15) is 11.1 Å². The van der Waals surface area contributed by atoms with Crippen LogP contribution in [0.4, 0.5) is 0 Å². The minimum atomic E-state index is -3.98. The smallest absolute Gasteiger partial charge is 0.264 e. The molecule has 0 bridgehead atoms. The van der Waals surface area contributed by atoms with Gasteiger partial charge in [-0.2, -0.15) is 0 Å². The molecular formula is C23H24N4O3S2. The number of rotatable bonds is 11. The highest BCUT2D eigenvalue weighted by Gasteiger charge is 2.13. The minimum absolute atomic E-state index is 0.0135. The number of sulfonamides is 1. The molecule has 0 N–H and O–H groups in total. The van der Waals surface area contributed by atoms with Gasteiger partial charge in [0.05, 0.1) is 12.0 Å². The number of benzene rings is 3. The first kappa shape index (κ1) is 23.7. The molecule has 0 aromatic heterocycles. The zero-order chi connectivity index (χ0) is 22.8. The van der Waals surface area contributed by atoms with Gasteiger partial charge in [0, 0.05) is 39.7 Å². The van der Waals surface area contributed by atoms with E-state index in [9.17, 15) is 8.42 Å². The van der Waals surface area contributed by atoms with E-state index >= 15 is 0 Å². The molecule has 0 amide bonds. The molecule has 0 unspecified atom stereocenters. The lowest BCUT2D eigenvalue weighted by molar-refractivity contribution is 0.273. The third-order valence-electron chi connectivity index (χ3n) is 4.76. The van der Waals surface area contributed by atoms with Crippen LogP contribution in [-0.2, 0) is 23.1 Å². The maximum absolute atomic E-state index is 11.9. The van der Waals surface area contributed by atoms with Gasteiger partial charge < -0.3 is 4.74 Å². The van der Waals surface area contributed by atoms with E-state index in [4.69, 9.17) is 10.3 Å². The lowest BCUT2D eigenvalue weighted by Gasteiger charge is -2.23. The zero-order valence-corrected chi connectivity index (χ0v) is 19.3. The molecule has 3 aromatic rings. The van der Waals surface area contributed by atoms with Crippen molar-refractivity contribution in [3.63, 3.8) is 0 Å². The topological polar surface area (TPSA) is 95.4 Å². The summed E-state index contributed by atoms with van der Waals surface area (Å²) in [4.78, 5) is 5.92. The van der Waals surface area contributed by atoms with E-state index in [0.29, 0.717) is 6.54 Å². The molecule has 0 aliphatic heterocycles. The van der Waals surface area contributed by atoms with Gasteiger partial charge in [0.25, 0.3) is 10.0 Å². The predicted octanol–water partition coefficient (Wildman–Crippen LogP) is 5.49. The average molecular weight is 469 g/mol. The molecule has 166 valence electrons. The molecule has 0 heterocycles. The van der Waals surface area contributed by atoms with Crippen molar-refractivity contribution >= 4 is 21.8 Å². The van der Waals surface area contributed by atoms with Gasteiger partial charge in [-0.05, 0) is 53.1 Å². The van der Waals surface area contributed by atoms with E-state index in [1.807, 2.05) is 42.5 Å². The largest absolute Gasteiger partial charge is 0.497 e. The van der Waals surface area contributed by atoms with Crippen LogP contribution in [-0.4, -0.2) is 32.7 Å². The molecule has 32 heavy (non-hydrogen) atoms. The number of nitrogens with zero attached hydrogens (tertiary/aromatic N) is 4. The molecular weight excluding hydrogens is 444 g/mol. The summed E-state index contributed by atoms with van der Waals surface area (Å²) in [6.45, 7) is 2.26. The summed E-state index contributed by atoms with van der Waals surface area (Å²) in [5, 5.41) is 0. The zero-order valence-electron chi connectivity index (χ0n) is 17.7. The Morgan fingerprint density at radius 1 is 0.938 bits per heavy atom. The quantitative estimate of drug-likeness (QED) is 0.160. The van der Waals surface area contributed by atoms with Crippen LogP contribution in [0.25, 0.3) is 10.4 Å². The van der Waals surface area contributed by atoms with E-state index < -0.39 is 10.0 Å². The molecule has 0 aliphatic carbocycles. The SMILES string of the molecule is COc1ccc(CN(CCSc2ccccc2)Cc2ccc(S(=O)(=O)N=[N+]=[N-])cc2)cc1. The molecule has 0 atom stereocenters. The Morgan fingerprint density at radius 3 is 2.09 bits per heavy atom. The van der Waals surface area contributed by atoms with Gasteiger partial charge in [-0.25, -0.2) is 8.42 Å². The van der Waals surface area contributed by atoms with Crippen LogP contribution in [0.15, 0.2) is 93.2 Å². The minimum Gasteiger partial charge on any atom is -0.497 e.